The molecule has 1 aromatic carbocycles. The minimum atomic E-state index is 0.606. The fourth-order valence-corrected chi connectivity index (χ4v) is 3.45. The second-order valence-corrected chi connectivity index (χ2v) is 5.93. The molecule has 1 heterocycles. The summed E-state index contributed by atoms with van der Waals surface area (Å²) in [6, 6.07) is 6.61. The Bertz CT molecular complexity index is 421. The minimum absolute atomic E-state index is 0.606. The Hall–Kier alpha value is -0.0500. The van der Waals surface area contributed by atoms with Gasteiger partial charge in [0.2, 0.25) is 0 Å². The van der Waals surface area contributed by atoms with Crippen molar-refractivity contribution in [2.75, 3.05) is 0 Å². The predicted molar refractivity (Wildman–Crippen MR) is 68.5 cm³/mol. The molecule has 0 spiro atoms. The summed E-state index contributed by atoms with van der Waals surface area (Å²) >= 11 is 11.2. The maximum absolute atomic E-state index is 5.91. The third kappa shape index (κ3) is 1.83. The van der Waals surface area contributed by atoms with Gasteiger partial charge in [-0.05, 0) is 57.1 Å². The second-order valence-electron chi connectivity index (χ2n) is 3.20. The largest absolute Gasteiger partial charge is 0.128 e. The first-order valence-corrected chi connectivity index (χ1v) is 6.65. The normalized spacial score (nSPS) is 11.1. The van der Waals surface area contributed by atoms with Crippen LogP contribution in [0.5, 0.6) is 0 Å². The molecule has 0 saturated carbocycles. The van der Waals surface area contributed by atoms with Crippen molar-refractivity contribution in [2.45, 2.75) is 19.2 Å². The van der Waals surface area contributed by atoms with Crippen LogP contribution in [-0.4, -0.2) is 0 Å². The third-order valence-electron chi connectivity index (χ3n) is 2.33. The zero-order valence-corrected chi connectivity index (χ0v) is 11.0. The monoisotopic (exact) mass is 288 g/mol. The molecule has 1 aromatic heterocycles. The highest BCUT2D eigenvalue weighted by Gasteiger charge is 2.05. The lowest BCUT2D eigenvalue weighted by Crippen LogP contribution is -1.88. The Balaban J connectivity index is 2.68. The molecule has 0 aliphatic carbocycles. The van der Waals surface area contributed by atoms with Crippen molar-refractivity contribution >= 4 is 49.0 Å². The van der Waals surface area contributed by atoms with Gasteiger partial charge in [-0.3, -0.25) is 0 Å². The number of benzene rings is 1. The van der Waals surface area contributed by atoms with Crippen LogP contribution in [0.15, 0.2) is 22.0 Å². The number of hydrogen-bond donors (Lipinski definition) is 0. The smallest absolute Gasteiger partial charge is 0.0711 e. The van der Waals surface area contributed by atoms with Crippen LogP contribution in [0.1, 0.15) is 18.1 Å². The first-order chi connectivity index (χ1) is 6.74. The molecule has 0 saturated heterocycles. The van der Waals surface area contributed by atoms with E-state index in [1.165, 1.54) is 25.0 Å². The Morgan fingerprint density at radius 1 is 1.29 bits per heavy atom. The average molecular weight is 290 g/mol. The minimum Gasteiger partial charge on any atom is -0.128 e. The Morgan fingerprint density at radius 3 is 2.71 bits per heavy atom. The highest BCUT2D eigenvalue weighted by molar-refractivity contribution is 9.11. The lowest BCUT2D eigenvalue weighted by molar-refractivity contribution is 1.11. The zero-order chi connectivity index (χ0) is 10.1. The van der Waals surface area contributed by atoms with Gasteiger partial charge in [0.05, 0.1) is 3.79 Å². The van der Waals surface area contributed by atoms with Crippen molar-refractivity contribution in [3.63, 3.8) is 0 Å². The average Bonchev–Trinajstić information content (AvgIpc) is 2.54. The van der Waals surface area contributed by atoms with Crippen molar-refractivity contribution in [2.24, 2.45) is 0 Å². The van der Waals surface area contributed by atoms with E-state index >= 15 is 0 Å². The molecular formula is C11H10BrClS. The highest BCUT2D eigenvalue weighted by Crippen LogP contribution is 2.32. The molecule has 0 N–H and O–H groups in total. The van der Waals surface area contributed by atoms with Gasteiger partial charge >= 0.3 is 0 Å². The molecule has 0 fully saturated rings. The third-order valence-corrected chi connectivity index (χ3v) is 4.22. The summed E-state index contributed by atoms with van der Waals surface area (Å²) in [6.45, 7) is 2.17. The molecule has 0 nitrogen and oxygen atoms in total. The van der Waals surface area contributed by atoms with Gasteiger partial charge in [-0.1, -0.05) is 6.92 Å². The van der Waals surface area contributed by atoms with Crippen molar-refractivity contribution in [1.82, 2.24) is 0 Å². The lowest BCUT2D eigenvalue weighted by Gasteiger charge is -2.04. The Labute approximate surface area is 101 Å². The van der Waals surface area contributed by atoms with E-state index in [0.717, 1.165) is 6.42 Å². The standard InChI is InChI=1S/C11H10BrClS/c1-2-7-3-8-5-11(12)14-10(8)4-9(7)6-13/h3-5H,2,6H2,1H3. The van der Waals surface area contributed by atoms with E-state index < -0.39 is 0 Å². The van der Waals surface area contributed by atoms with Crippen molar-refractivity contribution in [3.05, 3.63) is 33.1 Å². The van der Waals surface area contributed by atoms with Crippen LogP contribution in [0.3, 0.4) is 0 Å². The predicted octanol–water partition coefficient (Wildman–Crippen LogP) is 4.97. The van der Waals surface area contributed by atoms with Crippen LogP contribution in [0.25, 0.3) is 10.1 Å². The number of thiophene rings is 1. The van der Waals surface area contributed by atoms with Crippen LogP contribution in [0.4, 0.5) is 0 Å². The molecule has 0 amide bonds. The second kappa shape index (κ2) is 4.21. The fourth-order valence-electron chi connectivity index (χ4n) is 1.60. The van der Waals surface area contributed by atoms with Crippen molar-refractivity contribution < 1.29 is 0 Å². The fraction of sp³-hybridized carbons (Fsp3) is 0.273. The first-order valence-electron chi connectivity index (χ1n) is 4.51. The summed E-state index contributed by atoms with van der Waals surface area (Å²) in [4.78, 5) is 0. The van der Waals surface area contributed by atoms with Crippen molar-refractivity contribution in [1.29, 1.82) is 0 Å². The Morgan fingerprint density at radius 2 is 2.07 bits per heavy atom. The van der Waals surface area contributed by atoms with Gasteiger partial charge in [0.25, 0.3) is 0 Å². The van der Waals surface area contributed by atoms with E-state index in [1.54, 1.807) is 11.3 Å². The number of alkyl halides is 1. The lowest BCUT2D eigenvalue weighted by atomic mass is 10.0. The Kier molecular flexibility index (Phi) is 3.15. The highest BCUT2D eigenvalue weighted by atomic mass is 79.9. The molecule has 14 heavy (non-hydrogen) atoms. The van der Waals surface area contributed by atoms with Crippen LogP contribution in [0.2, 0.25) is 0 Å². The molecular weight excluding hydrogens is 280 g/mol. The summed E-state index contributed by atoms with van der Waals surface area (Å²) in [6.07, 6.45) is 1.05. The summed E-state index contributed by atoms with van der Waals surface area (Å²) in [7, 11) is 0. The summed E-state index contributed by atoms with van der Waals surface area (Å²) in [5, 5.41) is 1.31. The van der Waals surface area contributed by atoms with Crippen molar-refractivity contribution in [3.8, 4) is 0 Å². The van der Waals surface area contributed by atoms with Crippen LogP contribution >= 0.6 is 38.9 Å². The van der Waals surface area contributed by atoms with Gasteiger partial charge in [0, 0.05) is 10.6 Å². The number of rotatable bonds is 2. The van der Waals surface area contributed by atoms with Gasteiger partial charge in [-0.25, -0.2) is 0 Å². The van der Waals surface area contributed by atoms with E-state index in [2.05, 4.69) is 41.1 Å². The zero-order valence-electron chi connectivity index (χ0n) is 7.81. The topological polar surface area (TPSA) is 0 Å². The van der Waals surface area contributed by atoms with E-state index in [0.29, 0.717) is 5.88 Å². The van der Waals surface area contributed by atoms with Gasteiger partial charge in [-0.15, -0.1) is 22.9 Å². The van der Waals surface area contributed by atoms with Gasteiger partial charge in [0.15, 0.2) is 0 Å². The molecule has 0 aliphatic heterocycles. The van der Waals surface area contributed by atoms with E-state index in [9.17, 15) is 0 Å². The number of fused-ring (bicyclic) bond motifs is 1. The van der Waals surface area contributed by atoms with Gasteiger partial charge < -0.3 is 0 Å². The molecule has 3 heteroatoms. The van der Waals surface area contributed by atoms with Crippen LogP contribution in [0, 0.1) is 0 Å². The van der Waals surface area contributed by atoms with E-state index in [1.807, 2.05) is 0 Å². The number of halogens is 2. The number of hydrogen-bond acceptors (Lipinski definition) is 1. The summed E-state index contributed by atoms with van der Waals surface area (Å²) in [5.74, 6) is 0.606. The maximum Gasteiger partial charge on any atom is 0.0711 e. The molecule has 0 unspecified atom stereocenters. The maximum atomic E-state index is 5.91. The number of aryl methyl sites for hydroxylation is 1. The molecule has 0 aliphatic rings. The first kappa shape index (κ1) is 10.5. The molecule has 0 atom stereocenters. The van der Waals surface area contributed by atoms with Crippen LogP contribution < -0.4 is 0 Å². The van der Waals surface area contributed by atoms with E-state index in [4.69, 9.17) is 11.6 Å². The summed E-state index contributed by atoms with van der Waals surface area (Å²) in [5.41, 5.74) is 2.62. The molecule has 74 valence electrons. The van der Waals surface area contributed by atoms with E-state index in [-0.39, 0.29) is 0 Å². The van der Waals surface area contributed by atoms with Gasteiger partial charge in [0.1, 0.15) is 0 Å². The van der Waals surface area contributed by atoms with Gasteiger partial charge in [-0.2, -0.15) is 0 Å². The van der Waals surface area contributed by atoms with Crippen LogP contribution in [-0.2, 0) is 12.3 Å². The molecule has 0 radical (unpaired) electrons. The molecule has 2 aromatic rings. The summed E-state index contributed by atoms with van der Waals surface area (Å²) < 4.78 is 2.49. The SMILES string of the molecule is CCc1cc2cc(Br)sc2cc1CCl. The molecule has 2 rings (SSSR count). The molecule has 0 bridgehead atoms. The quantitative estimate of drug-likeness (QED) is 0.685.